The summed E-state index contributed by atoms with van der Waals surface area (Å²) in [5.74, 6) is 4.13. The molecule has 0 radical (unpaired) electrons. The van der Waals surface area contributed by atoms with Gasteiger partial charge in [0.1, 0.15) is 0 Å². The average molecular weight is 251 g/mol. The van der Waals surface area contributed by atoms with Crippen LogP contribution in [0.1, 0.15) is 71.6 Å². The zero-order chi connectivity index (χ0) is 12.8. The highest BCUT2D eigenvalue weighted by Gasteiger charge is 2.35. The molecule has 0 heterocycles. The molecule has 0 aromatic rings. The lowest BCUT2D eigenvalue weighted by Gasteiger charge is -2.42. The van der Waals surface area contributed by atoms with Gasteiger partial charge in [-0.15, -0.1) is 0 Å². The second-order valence-electron chi connectivity index (χ2n) is 6.72. The van der Waals surface area contributed by atoms with Gasteiger partial charge in [-0.25, -0.2) is 0 Å². The van der Waals surface area contributed by atoms with Gasteiger partial charge < -0.3 is 5.32 Å². The molecular weight excluding hydrogens is 218 g/mol. The van der Waals surface area contributed by atoms with Gasteiger partial charge in [-0.05, 0) is 49.6 Å². The van der Waals surface area contributed by atoms with Crippen molar-refractivity contribution in [1.29, 1.82) is 0 Å². The van der Waals surface area contributed by atoms with E-state index in [1.165, 1.54) is 64.3 Å². The Labute approximate surface area is 114 Å². The molecule has 1 heteroatoms. The zero-order valence-electron chi connectivity index (χ0n) is 12.6. The molecule has 3 atom stereocenters. The summed E-state index contributed by atoms with van der Waals surface area (Å²) in [6, 6.07) is 0. The molecule has 0 aromatic carbocycles. The first-order chi connectivity index (χ1) is 8.85. The Bertz CT molecular complexity index is 220. The van der Waals surface area contributed by atoms with E-state index < -0.39 is 0 Å². The summed E-state index contributed by atoms with van der Waals surface area (Å²) in [5, 5.41) is 3.62. The summed E-state index contributed by atoms with van der Waals surface area (Å²) in [6.45, 7) is 7.07. The predicted octanol–water partition coefficient (Wildman–Crippen LogP) is 4.62. The molecule has 1 N–H and O–H groups in total. The molecule has 2 saturated carbocycles. The molecule has 0 aliphatic heterocycles. The van der Waals surface area contributed by atoms with Crippen LogP contribution in [-0.4, -0.2) is 13.1 Å². The number of rotatable bonds is 5. The lowest BCUT2D eigenvalue weighted by molar-refractivity contribution is 0.0939. The smallest absolute Gasteiger partial charge is 0.00179 e. The van der Waals surface area contributed by atoms with Crippen molar-refractivity contribution < 1.29 is 0 Å². The first-order valence-corrected chi connectivity index (χ1v) is 8.55. The Balaban J connectivity index is 1.93. The maximum absolute atomic E-state index is 3.62. The van der Waals surface area contributed by atoms with E-state index in [4.69, 9.17) is 0 Å². The Hall–Kier alpha value is -0.0400. The van der Waals surface area contributed by atoms with Gasteiger partial charge in [-0.1, -0.05) is 58.8 Å². The molecule has 1 nitrogen and oxygen atoms in total. The Kier molecular flexibility index (Phi) is 6.01. The van der Waals surface area contributed by atoms with E-state index in [0.717, 1.165) is 30.2 Å². The van der Waals surface area contributed by atoms with Crippen molar-refractivity contribution >= 4 is 0 Å². The van der Waals surface area contributed by atoms with Crippen LogP contribution in [0, 0.1) is 23.7 Å². The molecule has 2 rings (SSSR count). The fraction of sp³-hybridized carbons (Fsp3) is 1.00. The van der Waals surface area contributed by atoms with Crippen LogP contribution in [0.15, 0.2) is 0 Å². The predicted molar refractivity (Wildman–Crippen MR) is 79.7 cm³/mol. The van der Waals surface area contributed by atoms with Crippen molar-refractivity contribution in [2.45, 2.75) is 71.6 Å². The van der Waals surface area contributed by atoms with Crippen LogP contribution >= 0.6 is 0 Å². The molecule has 2 fully saturated rings. The molecule has 2 aliphatic carbocycles. The van der Waals surface area contributed by atoms with Crippen LogP contribution in [-0.2, 0) is 0 Å². The molecule has 0 saturated heterocycles. The van der Waals surface area contributed by atoms with Crippen molar-refractivity contribution in [2.24, 2.45) is 23.7 Å². The molecule has 0 amide bonds. The fourth-order valence-electron chi connectivity index (χ4n) is 4.45. The van der Waals surface area contributed by atoms with Crippen LogP contribution in [0.3, 0.4) is 0 Å². The zero-order valence-corrected chi connectivity index (χ0v) is 12.6. The van der Waals surface area contributed by atoms with Gasteiger partial charge in [0.15, 0.2) is 0 Å². The number of hydrogen-bond donors (Lipinski definition) is 1. The van der Waals surface area contributed by atoms with Crippen LogP contribution in [0.25, 0.3) is 0 Å². The SMILES string of the molecule is CCNCC1CCC(CC)CC1C1CCCCC1. The van der Waals surface area contributed by atoms with Crippen molar-refractivity contribution in [3.63, 3.8) is 0 Å². The second kappa shape index (κ2) is 7.53. The Morgan fingerprint density at radius 1 is 0.944 bits per heavy atom. The topological polar surface area (TPSA) is 12.0 Å². The minimum absolute atomic E-state index is 0.982. The first-order valence-electron chi connectivity index (χ1n) is 8.55. The second-order valence-corrected chi connectivity index (χ2v) is 6.72. The third-order valence-electron chi connectivity index (χ3n) is 5.65. The van der Waals surface area contributed by atoms with E-state index in [-0.39, 0.29) is 0 Å². The van der Waals surface area contributed by atoms with Crippen LogP contribution in [0.4, 0.5) is 0 Å². The van der Waals surface area contributed by atoms with E-state index in [1.54, 1.807) is 0 Å². The minimum atomic E-state index is 0.982. The van der Waals surface area contributed by atoms with E-state index in [2.05, 4.69) is 19.2 Å². The lowest BCUT2D eigenvalue weighted by atomic mass is 9.65. The first kappa shape index (κ1) is 14.4. The summed E-state index contributed by atoms with van der Waals surface area (Å²) in [4.78, 5) is 0. The van der Waals surface area contributed by atoms with Crippen LogP contribution in [0.5, 0.6) is 0 Å². The van der Waals surface area contributed by atoms with Gasteiger partial charge in [-0.2, -0.15) is 0 Å². The molecule has 3 unspecified atom stereocenters. The van der Waals surface area contributed by atoms with Gasteiger partial charge in [0, 0.05) is 0 Å². The van der Waals surface area contributed by atoms with Gasteiger partial charge in [0.25, 0.3) is 0 Å². The van der Waals surface area contributed by atoms with Crippen molar-refractivity contribution in [3.8, 4) is 0 Å². The van der Waals surface area contributed by atoms with Crippen LogP contribution < -0.4 is 5.32 Å². The standard InChI is InChI=1S/C17H33N/c1-3-14-10-11-16(13-18-4-2)17(12-14)15-8-6-5-7-9-15/h14-18H,3-13H2,1-2H3. The largest absolute Gasteiger partial charge is 0.317 e. The molecule has 2 aliphatic rings. The summed E-state index contributed by atoms with van der Waals surface area (Å²) in [5.41, 5.74) is 0. The number of hydrogen-bond acceptors (Lipinski definition) is 1. The van der Waals surface area contributed by atoms with Crippen molar-refractivity contribution in [1.82, 2.24) is 5.32 Å². The van der Waals surface area contributed by atoms with E-state index >= 15 is 0 Å². The molecule has 0 aromatic heterocycles. The maximum Gasteiger partial charge on any atom is -0.00179 e. The summed E-state index contributed by atoms with van der Waals surface area (Å²) in [6.07, 6.45) is 13.5. The van der Waals surface area contributed by atoms with E-state index in [0.29, 0.717) is 0 Å². The van der Waals surface area contributed by atoms with Gasteiger partial charge >= 0.3 is 0 Å². The van der Waals surface area contributed by atoms with E-state index in [9.17, 15) is 0 Å². The molecule has 0 bridgehead atoms. The molecule has 106 valence electrons. The summed E-state index contributed by atoms with van der Waals surface area (Å²) < 4.78 is 0. The quantitative estimate of drug-likeness (QED) is 0.752. The van der Waals surface area contributed by atoms with Crippen molar-refractivity contribution in [3.05, 3.63) is 0 Å². The molecular formula is C17H33N. The summed E-state index contributed by atoms with van der Waals surface area (Å²) in [7, 11) is 0. The lowest BCUT2D eigenvalue weighted by Crippen LogP contribution is -2.37. The Morgan fingerprint density at radius 2 is 1.72 bits per heavy atom. The molecule has 18 heavy (non-hydrogen) atoms. The van der Waals surface area contributed by atoms with Gasteiger partial charge in [-0.3, -0.25) is 0 Å². The third kappa shape index (κ3) is 3.73. The fourth-order valence-corrected chi connectivity index (χ4v) is 4.45. The highest BCUT2D eigenvalue weighted by atomic mass is 14.8. The van der Waals surface area contributed by atoms with Crippen LogP contribution in [0.2, 0.25) is 0 Å². The summed E-state index contributed by atoms with van der Waals surface area (Å²) >= 11 is 0. The van der Waals surface area contributed by atoms with E-state index in [1.807, 2.05) is 0 Å². The van der Waals surface area contributed by atoms with Gasteiger partial charge in [0.05, 0.1) is 0 Å². The average Bonchev–Trinajstić information content (AvgIpc) is 2.46. The third-order valence-corrected chi connectivity index (χ3v) is 5.65. The minimum Gasteiger partial charge on any atom is -0.317 e. The normalized spacial score (nSPS) is 34.7. The highest BCUT2D eigenvalue weighted by molar-refractivity contribution is 4.86. The molecule has 0 spiro atoms. The maximum atomic E-state index is 3.62. The highest BCUT2D eigenvalue weighted by Crippen LogP contribution is 2.44. The van der Waals surface area contributed by atoms with Gasteiger partial charge in [0.2, 0.25) is 0 Å². The van der Waals surface area contributed by atoms with Crippen molar-refractivity contribution in [2.75, 3.05) is 13.1 Å². The number of nitrogens with one attached hydrogen (secondary N) is 1. The Morgan fingerprint density at radius 3 is 2.39 bits per heavy atom. The monoisotopic (exact) mass is 251 g/mol.